The third kappa shape index (κ3) is 1.78. The van der Waals surface area contributed by atoms with Crippen molar-refractivity contribution in [2.45, 2.75) is 0 Å². The molecule has 2 rings (SSSR count). The summed E-state index contributed by atoms with van der Waals surface area (Å²) in [4.78, 5) is 2.01. The van der Waals surface area contributed by atoms with Gasteiger partial charge in [-0.3, -0.25) is 5.01 Å². The third-order valence-corrected chi connectivity index (χ3v) is 2.16. The van der Waals surface area contributed by atoms with Gasteiger partial charge in [0.1, 0.15) is 0 Å². The van der Waals surface area contributed by atoms with Gasteiger partial charge in [0.05, 0.1) is 0 Å². The molecule has 2 N–H and O–H groups in total. The van der Waals surface area contributed by atoms with Crippen LogP contribution in [0.2, 0.25) is 0 Å². The highest BCUT2D eigenvalue weighted by Gasteiger charge is 2.02. The zero-order chi connectivity index (χ0) is 9.97. The van der Waals surface area contributed by atoms with Crippen molar-refractivity contribution in [2.24, 2.45) is 5.84 Å². The quantitative estimate of drug-likeness (QED) is 0.583. The molecule has 0 bridgehead atoms. The monoisotopic (exact) mass is 187 g/mol. The molecule has 0 radical (unpaired) electrons. The van der Waals surface area contributed by atoms with E-state index in [-0.39, 0.29) is 0 Å². The van der Waals surface area contributed by atoms with Crippen molar-refractivity contribution in [3.8, 4) is 0 Å². The first-order chi connectivity index (χ1) is 6.75. The van der Waals surface area contributed by atoms with Crippen molar-refractivity contribution in [3.05, 3.63) is 60.3 Å². The summed E-state index contributed by atoms with van der Waals surface area (Å²) >= 11 is 0. The van der Waals surface area contributed by atoms with Crippen LogP contribution < -0.4 is 5.84 Å². The summed E-state index contributed by atoms with van der Waals surface area (Å²) < 4.78 is 0. The van der Waals surface area contributed by atoms with Crippen LogP contribution in [-0.4, -0.2) is 17.0 Å². The molecule has 72 valence electrons. The van der Waals surface area contributed by atoms with Gasteiger partial charge in [0.2, 0.25) is 0 Å². The highest BCUT2D eigenvalue weighted by Crippen LogP contribution is 2.17. The van der Waals surface area contributed by atoms with Gasteiger partial charge in [-0.25, -0.2) is 5.84 Å². The van der Waals surface area contributed by atoms with Gasteiger partial charge in [-0.05, 0) is 35.5 Å². The van der Waals surface area contributed by atoms with Crippen molar-refractivity contribution in [1.82, 2.24) is 9.91 Å². The SMILES string of the molecule is CN1C=CC(=C2C=CN(N)C=C2)C=C1. The maximum Gasteiger partial charge on any atom is 0.0212 e. The van der Waals surface area contributed by atoms with Crippen LogP contribution in [0.5, 0.6) is 0 Å². The van der Waals surface area contributed by atoms with Crippen molar-refractivity contribution in [2.75, 3.05) is 7.05 Å². The molecule has 2 heterocycles. The minimum atomic E-state index is 1.17. The van der Waals surface area contributed by atoms with E-state index in [1.54, 1.807) is 0 Å². The molecule has 0 spiro atoms. The van der Waals surface area contributed by atoms with Crippen LogP contribution in [0.4, 0.5) is 0 Å². The second kappa shape index (κ2) is 3.55. The van der Waals surface area contributed by atoms with Crippen molar-refractivity contribution >= 4 is 0 Å². The molecule has 14 heavy (non-hydrogen) atoms. The molecule has 3 heteroatoms. The fourth-order valence-electron chi connectivity index (χ4n) is 1.32. The Morgan fingerprint density at radius 2 is 1.29 bits per heavy atom. The van der Waals surface area contributed by atoms with Gasteiger partial charge >= 0.3 is 0 Å². The number of hydrogen-bond acceptors (Lipinski definition) is 3. The van der Waals surface area contributed by atoms with Crippen molar-refractivity contribution in [3.63, 3.8) is 0 Å². The third-order valence-electron chi connectivity index (χ3n) is 2.16. The van der Waals surface area contributed by atoms with E-state index >= 15 is 0 Å². The zero-order valence-electron chi connectivity index (χ0n) is 8.09. The van der Waals surface area contributed by atoms with E-state index in [2.05, 4.69) is 12.2 Å². The fraction of sp³-hybridized carbons (Fsp3) is 0.0909. The first kappa shape index (κ1) is 8.84. The normalized spacial score (nSPS) is 19.9. The minimum Gasteiger partial charge on any atom is -0.357 e. The van der Waals surface area contributed by atoms with E-state index in [4.69, 9.17) is 5.84 Å². The van der Waals surface area contributed by atoms with Crippen LogP contribution in [0, 0.1) is 0 Å². The highest BCUT2D eigenvalue weighted by atomic mass is 15.4. The Labute approximate surface area is 83.8 Å². The largest absolute Gasteiger partial charge is 0.357 e. The second-order valence-corrected chi connectivity index (χ2v) is 3.29. The molecular weight excluding hydrogens is 174 g/mol. The van der Waals surface area contributed by atoms with E-state index in [1.165, 1.54) is 16.2 Å². The first-order valence-corrected chi connectivity index (χ1v) is 4.48. The Kier molecular flexibility index (Phi) is 2.24. The summed E-state index contributed by atoms with van der Waals surface area (Å²) in [6.07, 6.45) is 15.9. The van der Waals surface area contributed by atoms with Gasteiger partial charge in [-0.1, -0.05) is 0 Å². The molecule has 0 amide bonds. The number of rotatable bonds is 0. The number of hydrogen-bond donors (Lipinski definition) is 1. The fourth-order valence-corrected chi connectivity index (χ4v) is 1.32. The van der Waals surface area contributed by atoms with Crippen LogP contribution in [0.1, 0.15) is 0 Å². The number of nitrogens with zero attached hydrogens (tertiary/aromatic N) is 2. The lowest BCUT2D eigenvalue weighted by Gasteiger charge is -2.16. The van der Waals surface area contributed by atoms with Gasteiger partial charge in [0, 0.05) is 31.8 Å². The lowest BCUT2D eigenvalue weighted by Crippen LogP contribution is -2.19. The predicted molar refractivity (Wildman–Crippen MR) is 57.4 cm³/mol. The lowest BCUT2D eigenvalue weighted by atomic mass is 10.1. The van der Waals surface area contributed by atoms with Gasteiger partial charge in [-0.15, -0.1) is 0 Å². The standard InChI is InChI=1S/C11H13N3/c1-13-6-2-10(3-7-13)11-4-8-14(12)9-5-11/h2-9H,12H2,1H3. The minimum absolute atomic E-state index is 1.17. The first-order valence-electron chi connectivity index (χ1n) is 4.48. The maximum absolute atomic E-state index is 5.54. The van der Waals surface area contributed by atoms with Crippen LogP contribution in [0.15, 0.2) is 60.3 Å². The summed E-state index contributed by atoms with van der Waals surface area (Å²) in [5.74, 6) is 5.54. The predicted octanol–water partition coefficient (Wildman–Crippen LogP) is 1.47. The Balaban J connectivity index is 2.26. The Hall–Kier alpha value is -1.74. The van der Waals surface area contributed by atoms with Gasteiger partial charge in [-0.2, -0.15) is 0 Å². The summed E-state index contributed by atoms with van der Waals surface area (Å²) in [6, 6.07) is 0. The smallest absolute Gasteiger partial charge is 0.0212 e. The van der Waals surface area contributed by atoms with Gasteiger partial charge < -0.3 is 4.90 Å². The van der Waals surface area contributed by atoms with E-state index < -0.39 is 0 Å². The van der Waals surface area contributed by atoms with Crippen LogP contribution >= 0.6 is 0 Å². The molecule has 2 aliphatic heterocycles. The number of hydrazine groups is 1. The molecule has 0 aromatic heterocycles. The molecule has 0 unspecified atom stereocenters. The molecule has 0 saturated heterocycles. The van der Waals surface area contributed by atoms with E-state index in [0.717, 1.165) is 0 Å². The zero-order valence-corrected chi connectivity index (χ0v) is 8.09. The van der Waals surface area contributed by atoms with E-state index in [9.17, 15) is 0 Å². The lowest BCUT2D eigenvalue weighted by molar-refractivity contribution is 0.535. The van der Waals surface area contributed by atoms with Crippen molar-refractivity contribution < 1.29 is 0 Å². The topological polar surface area (TPSA) is 32.5 Å². The summed E-state index contributed by atoms with van der Waals surface area (Å²) in [7, 11) is 2.00. The average molecular weight is 187 g/mol. The Bertz CT molecular complexity index is 304. The molecule has 2 aliphatic rings. The van der Waals surface area contributed by atoms with Crippen LogP contribution in [0.25, 0.3) is 0 Å². The number of allylic oxidation sites excluding steroid dienone is 6. The number of nitrogens with two attached hydrogens (primary N) is 1. The van der Waals surface area contributed by atoms with Crippen LogP contribution in [0.3, 0.4) is 0 Å². The van der Waals surface area contributed by atoms with E-state index in [1.807, 2.05) is 48.9 Å². The molecule has 0 aliphatic carbocycles. The summed E-state index contributed by atoms with van der Waals surface area (Å²) in [6.45, 7) is 0. The molecule has 0 aromatic rings. The van der Waals surface area contributed by atoms with Gasteiger partial charge in [0.25, 0.3) is 0 Å². The molecule has 0 aromatic carbocycles. The average Bonchev–Trinajstić information content (AvgIpc) is 2.21. The maximum atomic E-state index is 5.54. The highest BCUT2D eigenvalue weighted by molar-refractivity contribution is 5.48. The molecule has 0 fully saturated rings. The Morgan fingerprint density at radius 1 is 0.857 bits per heavy atom. The van der Waals surface area contributed by atoms with Crippen molar-refractivity contribution in [1.29, 1.82) is 0 Å². The van der Waals surface area contributed by atoms with Crippen LogP contribution in [-0.2, 0) is 0 Å². The molecule has 0 atom stereocenters. The Morgan fingerprint density at radius 3 is 1.79 bits per heavy atom. The second-order valence-electron chi connectivity index (χ2n) is 3.29. The molecule has 0 saturated carbocycles. The van der Waals surface area contributed by atoms with Gasteiger partial charge in [0.15, 0.2) is 0 Å². The summed E-state index contributed by atoms with van der Waals surface area (Å²) in [5, 5.41) is 1.53. The van der Waals surface area contributed by atoms with E-state index in [0.29, 0.717) is 0 Å². The molecule has 3 nitrogen and oxygen atoms in total. The molecular formula is C11H13N3. The summed E-state index contributed by atoms with van der Waals surface area (Å²) in [5.41, 5.74) is 2.37.